The van der Waals surface area contributed by atoms with Gasteiger partial charge in [0.15, 0.2) is 0 Å². The molecule has 1 aromatic carbocycles. The van der Waals surface area contributed by atoms with Gasteiger partial charge in [-0.05, 0) is 30.4 Å². The Balaban J connectivity index is 2.01. The van der Waals surface area contributed by atoms with E-state index in [0.717, 1.165) is 6.42 Å². The summed E-state index contributed by atoms with van der Waals surface area (Å²) in [6.07, 6.45) is 4.86. The van der Waals surface area contributed by atoms with E-state index in [9.17, 15) is 9.18 Å². The predicted octanol–water partition coefficient (Wildman–Crippen LogP) is 3.41. The molecule has 104 valence electrons. The molecule has 1 aromatic rings. The first-order valence-electron chi connectivity index (χ1n) is 7.08. The third-order valence-corrected chi connectivity index (χ3v) is 4.26. The van der Waals surface area contributed by atoms with Gasteiger partial charge in [-0.1, -0.05) is 38.0 Å². The summed E-state index contributed by atoms with van der Waals surface area (Å²) in [4.78, 5) is 14.1. The van der Waals surface area contributed by atoms with Crippen molar-refractivity contribution in [1.29, 1.82) is 0 Å². The summed E-state index contributed by atoms with van der Waals surface area (Å²) in [6.45, 7) is 2.21. The summed E-state index contributed by atoms with van der Waals surface area (Å²) < 4.78 is 13.6. The number of likely N-dealkylation sites (N-methyl/N-ethyl adjacent to an activating group) is 1. The van der Waals surface area contributed by atoms with E-state index in [1.807, 2.05) is 11.9 Å². The molecule has 1 fully saturated rings. The Labute approximate surface area is 114 Å². The van der Waals surface area contributed by atoms with Gasteiger partial charge in [0.2, 0.25) is 5.91 Å². The molecule has 1 saturated carbocycles. The first-order valence-corrected chi connectivity index (χ1v) is 7.08. The number of rotatable bonds is 3. The highest BCUT2D eigenvalue weighted by Crippen LogP contribution is 2.27. The smallest absolute Gasteiger partial charge is 0.227 e. The van der Waals surface area contributed by atoms with E-state index in [-0.39, 0.29) is 18.1 Å². The highest BCUT2D eigenvalue weighted by molar-refractivity contribution is 5.78. The predicted molar refractivity (Wildman–Crippen MR) is 74.3 cm³/mol. The monoisotopic (exact) mass is 263 g/mol. The van der Waals surface area contributed by atoms with Crippen molar-refractivity contribution >= 4 is 5.91 Å². The molecule has 1 amide bonds. The van der Waals surface area contributed by atoms with Crippen molar-refractivity contribution in [2.24, 2.45) is 5.92 Å². The minimum Gasteiger partial charge on any atom is -0.342 e. The second-order valence-corrected chi connectivity index (χ2v) is 5.60. The highest BCUT2D eigenvalue weighted by Gasteiger charge is 2.27. The van der Waals surface area contributed by atoms with Crippen LogP contribution < -0.4 is 0 Å². The van der Waals surface area contributed by atoms with Gasteiger partial charge in [-0.15, -0.1) is 0 Å². The molecule has 0 heterocycles. The van der Waals surface area contributed by atoms with Crippen LogP contribution in [0, 0.1) is 11.7 Å². The number of amides is 1. The number of benzene rings is 1. The number of carbonyl (C=O) groups is 1. The third kappa shape index (κ3) is 3.34. The van der Waals surface area contributed by atoms with Crippen molar-refractivity contribution in [1.82, 2.24) is 4.90 Å². The molecule has 2 atom stereocenters. The van der Waals surface area contributed by atoms with Crippen molar-refractivity contribution in [2.45, 2.75) is 45.1 Å². The summed E-state index contributed by atoms with van der Waals surface area (Å²) in [5.41, 5.74) is 0.489. The lowest BCUT2D eigenvalue weighted by atomic mass is 9.85. The van der Waals surface area contributed by atoms with Gasteiger partial charge < -0.3 is 4.90 Å². The van der Waals surface area contributed by atoms with Crippen molar-refractivity contribution in [3.05, 3.63) is 35.6 Å². The van der Waals surface area contributed by atoms with E-state index in [1.165, 1.54) is 25.3 Å². The summed E-state index contributed by atoms with van der Waals surface area (Å²) in [5, 5.41) is 0. The van der Waals surface area contributed by atoms with Gasteiger partial charge in [-0.25, -0.2) is 4.39 Å². The third-order valence-electron chi connectivity index (χ3n) is 4.26. The standard InChI is InChI=1S/C16H22FNO/c1-12-7-3-6-10-15(12)18(2)16(19)11-13-8-4-5-9-14(13)17/h4-5,8-9,12,15H,3,6-7,10-11H2,1-2H3. The molecule has 0 radical (unpaired) electrons. The summed E-state index contributed by atoms with van der Waals surface area (Å²) >= 11 is 0. The van der Waals surface area contributed by atoms with Gasteiger partial charge in [-0.3, -0.25) is 4.79 Å². The van der Waals surface area contributed by atoms with Crippen LogP contribution in [-0.4, -0.2) is 23.9 Å². The average molecular weight is 263 g/mol. The number of hydrogen-bond acceptors (Lipinski definition) is 1. The van der Waals surface area contributed by atoms with E-state index in [2.05, 4.69) is 6.92 Å². The van der Waals surface area contributed by atoms with Gasteiger partial charge in [0.05, 0.1) is 6.42 Å². The average Bonchev–Trinajstić information content (AvgIpc) is 2.41. The first kappa shape index (κ1) is 14.0. The number of hydrogen-bond donors (Lipinski definition) is 0. The maximum atomic E-state index is 13.6. The van der Waals surface area contributed by atoms with E-state index in [4.69, 9.17) is 0 Å². The number of halogens is 1. The van der Waals surface area contributed by atoms with E-state index < -0.39 is 0 Å². The van der Waals surface area contributed by atoms with Crippen LogP contribution >= 0.6 is 0 Å². The zero-order chi connectivity index (χ0) is 13.8. The summed E-state index contributed by atoms with van der Waals surface area (Å²) in [7, 11) is 1.86. The highest BCUT2D eigenvalue weighted by atomic mass is 19.1. The van der Waals surface area contributed by atoms with Crippen LogP contribution in [0.25, 0.3) is 0 Å². The molecule has 2 rings (SSSR count). The van der Waals surface area contributed by atoms with Crippen LogP contribution in [0.15, 0.2) is 24.3 Å². The lowest BCUT2D eigenvalue weighted by molar-refractivity contribution is -0.132. The molecule has 1 aliphatic carbocycles. The Hall–Kier alpha value is -1.38. The van der Waals surface area contributed by atoms with E-state index >= 15 is 0 Å². The molecule has 0 aliphatic heterocycles. The fourth-order valence-corrected chi connectivity index (χ4v) is 2.99. The van der Waals surface area contributed by atoms with Crippen LogP contribution in [0.3, 0.4) is 0 Å². The topological polar surface area (TPSA) is 20.3 Å². The maximum absolute atomic E-state index is 13.6. The minimum atomic E-state index is -0.291. The van der Waals surface area contributed by atoms with Gasteiger partial charge in [0.25, 0.3) is 0 Å². The molecule has 0 bridgehead atoms. The maximum Gasteiger partial charge on any atom is 0.227 e. The second kappa shape index (κ2) is 6.18. The molecule has 0 N–H and O–H groups in total. The van der Waals surface area contributed by atoms with Crippen molar-refractivity contribution in [3.63, 3.8) is 0 Å². The fourth-order valence-electron chi connectivity index (χ4n) is 2.99. The Bertz CT molecular complexity index is 446. The summed E-state index contributed by atoms with van der Waals surface area (Å²) in [5.74, 6) is 0.271. The van der Waals surface area contributed by atoms with Crippen LogP contribution in [0.5, 0.6) is 0 Å². The Morgan fingerprint density at radius 2 is 2.00 bits per heavy atom. The lowest BCUT2D eigenvalue weighted by Crippen LogP contribution is -2.43. The normalized spacial score (nSPS) is 23.1. The molecular formula is C16H22FNO. The lowest BCUT2D eigenvalue weighted by Gasteiger charge is -2.36. The van der Waals surface area contributed by atoms with Crippen LogP contribution in [0.4, 0.5) is 4.39 Å². The Morgan fingerprint density at radius 3 is 2.68 bits per heavy atom. The van der Waals surface area contributed by atoms with E-state index in [0.29, 0.717) is 17.5 Å². The Kier molecular flexibility index (Phi) is 4.56. The van der Waals surface area contributed by atoms with Crippen molar-refractivity contribution < 1.29 is 9.18 Å². The fraction of sp³-hybridized carbons (Fsp3) is 0.562. The SMILES string of the molecule is CC1CCCCC1N(C)C(=O)Cc1ccccc1F. The molecule has 2 unspecified atom stereocenters. The van der Waals surface area contributed by atoms with Crippen LogP contribution in [-0.2, 0) is 11.2 Å². The molecular weight excluding hydrogens is 241 g/mol. The van der Waals surface area contributed by atoms with Crippen LogP contribution in [0.2, 0.25) is 0 Å². The molecule has 19 heavy (non-hydrogen) atoms. The zero-order valence-corrected chi connectivity index (χ0v) is 11.7. The van der Waals surface area contributed by atoms with Crippen LogP contribution in [0.1, 0.15) is 38.2 Å². The molecule has 0 spiro atoms. The van der Waals surface area contributed by atoms with Gasteiger partial charge in [0.1, 0.15) is 5.82 Å². The molecule has 2 nitrogen and oxygen atoms in total. The first-order chi connectivity index (χ1) is 9.09. The van der Waals surface area contributed by atoms with E-state index in [1.54, 1.807) is 18.2 Å². The van der Waals surface area contributed by atoms with Crippen molar-refractivity contribution in [2.75, 3.05) is 7.05 Å². The van der Waals surface area contributed by atoms with Crippen molar-refractivity contribution in [3.8, 4) is 0 Å². The zero-order valence-electron chi connectivity index (χ0n) is 11.7. The van der Waals surface area contributed by atoms with Gasteiger partial charge in [-0.2, -0.15) is 0 Å². The quantitative estimate of drug-likeness (QED) is 0.818. The number of nitrogens with zero attached hydrogens (tertiary/aromatic N) is 1. The largest absolute Gasteiger partial charge is 0.342 e. The Morgan fingerprint density at radius 1 is 1.32 bits per heavy atom. The number of carbonyl (C=O) groups excluding carboxylic acids is 1. The molecule has 3 heteroatoms. The molecule has 1 aliphatic rings. The molecule has 0 aromatic heterocycles. The summed E-state index contributed by atoms with van der Waals surface area (Å²) in [6, 6.07) is 6.83. The molecule has 0 saturated heterocycles. The minimum absolute atomic E-state index is 0.0175. The van der Waals surface area contributed by atoms with Gasteiger partial charge >= 0.3 is 0 Å². The van der Waals surface area contributed by atoms with Gasteiger partial charge in [0, 0.05) is 13.1 Å². The second-order valence-electron chi connectivity index (χ2n) is 5.60.